The maximum Gasteiger partial charge on any atom is 0.341 e. The second-order valence-electron chi connectivity index (χ2n) is 8.29. The van der Waals surface area contributed by atoms with Crippen LogP contribution in [0.25, 0.3) is 11.0 Å². The number of aromatic carboxylic acids is 1. The summed E-state index contributed by atoms with van der Waals surface area (Å²) >= 11 is 0. The number of rotatable bonds is 6. The van der Waals surface area contributed by atoms with Crippen LogP contribution in [0.5, 0.6) is 11.5 Å². The summed E-state index contributed by atoms with van der Waals surface area (Å²) in [6, 6.07) is 6.78. The number of hydrogen-bond acceptors (Lipinski definition) is 7. The fraction of sp³-hybridized carbons (Fsp3) is 0.348. The smallest absolute Gasteiger partial charge is 0.341 e. The lowest BCUT2D eigenvalue weighted by Gasteiger charge is -2.29. The minimum absolute atomic E-state index is 0.0777. The number of nitrogens with one attached hydrogen (secondary N) is 1. The molecular weight excluding hydrogens is 431 g/mol. The highest BCUT2D eigenvalue weighted by Gasteiger charge is 2.39. The van der Waals surface area contributed by atoms with Crippen LogP contribution in [0, 0.1) is 5.82 Å². The summed E-state index contributed by atoms with van der Waals surface area (Å²) in [6.07, 6.45) is 2.16. The minimum atomic E-state index is -1.38. The van der Waals surface area contributed by atoms with Crippen LogP contribution in [0.4, 0.5) is 10.2 Å². The van der Waals surface area contributed by atoms with Crippen molar-refractivity contribution in [2.24, 2.45) is 0 Å². The summed E-state index contributed by atoms with van der Waals surface area (Å²) < 4.78 is 27.4. The van der Waals surface area contributed by atoms with E-state index in [4.69, 9.17) is 9.47 Å². The van der Waals surface area contributed by atoms with Crippen LogP contribution in [0.3, 0.4) is 0 Å². The molecule has 0 amide bonds. The first-order valence-electron chi connectivity index (χ1n) is 10.6. The molecule has 0 saturated carbocycles. The topological polar surface area (TPSA) is 106 Å². The molecule has 4 heterocycles. The van der Waals surface area contributed by atoms with Crippen LogP contribution in [0.1, 0.15) is 22.3 Å². The number of carboxylic acid groups (broad SMARTS) is 1. The molecule has 2 atom stereocenters. The number of halogens is 1. The first kappa shape index (κ1) is 21.2. The van der Waals surface area contributed by atoms with Crippen LogP contribution in [-0.2, 0) is 6.54 Å². The van der Waals surface area contributed by atoms with E-state index in [2.05, 4.69) is 10.3 Å². The molecule has 33 heavy (non-hydrogen) atoms. The Labute approximate surface area is 188 Å². The monoisotopic (exact) mass is 454 g/mol. The number of aromatic nitrogens is 2. The second kappa shape index (κ2) is 8.04. The second-order valence-corrected chi connectivity index (χ2v) is 8.29. The Morgan fingerprint density at radius 2 is 2.12 bits per heavy atom. The van der Waals surface area contributed by atoms with Gasteiger partial charge in [-0.1, -0.05) is 0 Å². The Kier molecular flexibility index (Phi) is 5.16. The number of carbonyl (C=O) groups is 1. The molecule has 2 N–H and O–H groups in total. The highest BCUT2D eigenvalue weighted by Crippen LogP contribution is 2.32. The number of nitrogens with zero attached hydrogens (tertiary/aromatic N) is 3. The molecule has 1 aromatic carbocycles. The molecule has 2 aliphatic heterocycles. The third-order valence-electron chi connectivity index (χ3n) is 6.38. The van der Waals surface area contributed by atoms with Crippen LogP contribution >= 0.6 is 0 Å². The number of fused-ring (bicyclic) bond motifs is 3. The molecule has 0 spiro atoms. The zero-order valence-electron chi connectivity index (χ0n) is 18.2. The fourth-order valence-electron chi connectivity index (χ4n) is 4.74. The van der Waals surface area contributed by atoms with Crippen molar-refractivity contribution in [1.82, 2.24) is 14.9 Å². The molecule has 5 rings (SSSR count). The summed E-state index contributed by atoms with van der Waals surface area (Å²) in [5, 5.41) is 12.9. The Balaban J connectivity index is 1.68. The van der Waals surface area contributed by atoms with E-state index in [0.29, 0.717) is 18.0 Å². The first-order chi connectivity index (χ1) is 15.9. The maximum atomic E-state index is 15.1. The van der Waals surface area contributed by atoms with E-state index in [1.54, 1.807) is 29.9 Å². The average Bonchev–Trinajstić information content (AvgIpc) is 3.44. The van der Waals surface area contributed by atoms with Crippen molar-refractivity contribution in [2.75, 3.05) is 32.2 Å². The zero-order chi connectivity index (χ0) is 23.3. The van der Waals surface area contributed by atoms with Crippen LogP contribution in [0.15, 0.2) is 35.3 Å². The molecule has 2 aliphatic rings. The van der Waals surface area contributed by atoms with Gasteiger partial charge in [0.2, 0.25) is 5.43 Å². The Hall–Kier alpha value is -3.66. The van der Waals surface area contributed by atoms with Crippen molar-refractivity contribution in [1.29, 1.82) is 0 Å². The van der Waals surface area contributed by atoms with E-state index in [1.165, 1.54) is 13.3 Å². The SMILES string of the molecule is COc1ccc(Cn2cc(C(=O)O)c(=O)c3cc(F)c(N4C[C@@H]5C[C@@H]4CN5)nc32)c(OC)c1. The number of piperazine rings is 1. The molecule has 2 saturated heterocycles. The van der Waals surface area contributed by atoms with Gasteiger partial charge in [-0.3, -0.25) is 4.79 Å². The quantitative estimate of drug-likeness (QED) is 0.582. The van der Waals surface area contributed by atoms with Crippen molar-refractivity contribution in [3.8, 4) is 11.5 Å². The highest BCUT2D eigenvalue weighted by molar-refractivity contribution is 5.92. The summed E-state index contributed by atoms with van der Waals surface area (Å²) in [5.41, 5.74) is -0.280. The molecule has 2 fully saturated rings. The van der Waals surface area contributed by atoms with Gasteiger partial charge in [-0.2, -0.15) is 0 Å². The van der Waals surface area contributed by atoms with Gasteiger partial charge in [-0.15, -0.1) is 0 Å². The summed E-state index contributed by atoms with van der Waals surface area (Å²) in [6.45, 7) is 1.54. The first-order valence-corrected chi connectivity index (χ1v) is 10.6. The molecule has 0 unspecified atom stereocenters. The summed E-state index contributed by atoms with van der Waals surface area (Å²) in [5.74, 6) is -0.711. The number of anilines is 1. The van der Waals surface area contributed by atoms with Crippen molar-refractivity contribution in [3.63, 3.8) is 0 Å². The number of carboxylic acids is 1. The standard InChI is InChI=1S/C23H23FN4O5/c1-32-15-4-3-12(19(6-15)33-2)9-27-11-17(23(30)31)20(29)16-7-18(24)22(26-21(16)27)28-10-13-5-14(28)8-25-13/h3-4,6-7,11,13-14,25H,5,8-10H2,1-2H3,(H,30,31)/t13-,14+/m0/s1. The van der Waals surface area contributed by atoms with Gasteiger partial charge in [0, 0.05) is 43.0 Å². The molecule has 3 aromatic rings. The van der Waals surface area contributed by atoms with Crippen molar-refractivity contribution < 1.29 is 23.8 Å². The third kappa shape index (κ3) is 3.56. The molecule has 2 aromatic heterocycles. The van der Waals surface area contributed by atoms with Crippen molar-refractivity contribution >= 4 is 22.8 Å². The van der Waals surface area contributed by atoms with Gasteiger partial charge in [0.15, 0.2) is 11.6 Å². The molecule has 0 radical (unpaired) electrons. The molecule has 9 nitrogen and oxygen atoms in total. The van der Waals surface area contributed by atoms with Gasteiger partial charge in [0.1, 0.15) is 22.7 Å². The van der Waals surface area contributed by atoms with Crippen molar-refractivity contribution in [2.45, 2.75) is 25.0 Å². The lowest BCUT2D eigenvalue weighted by Crippen LogP contribution is -2.44. The lowest BCUT2D eigenvalue weighted by atomic mass is 10.1. The predicted molar refractivity (Wildman–Crippen MR) is 119 cm³/mol. The third-order valence-corrected chi connectivity index (χ3v) is 6.38. The van der Waals surface area contributed by atoms with Gasteiger partial charge in [0.25, 0.3) is 0 Å². The van der Waals surface area contributed by atoms with E-state index in [-0.39, 0.29) is 35.5 Å². The van der Waals surface area contributed by atoms with Crippen LogP contribution < -0.4 is 25.1 Å². The number of methoxy groups -OCH3 is 2. The molecule has 2 bridgehead atoms. The molecule has 10 heteroatoms. The maximum absolute atomic E-state index is 15.1. The van der Waals surface area contributed by atoms with E-state index < -0.39 is 22.8 Å². The van der Waals surface area contributed by atoms with Crippen molar-refractivity contribution in [3.05, 3.63) is 57.6 Å². The van der Waals surface area contributed by atoms with Gasteiger partial charge in [-0.25, -0.2) is 14.2 Å². The summed E-state index contributed by atoms with van der Waals surface area (Å²) in [7, 11) is 3.07. The van der Waals surface area contributed by atoms with Gasteiger partial charge < -0.3 is 29.4 Å². The number of ether oxygens (including phenoxy) is 2. The van der Waals surface area contributed by atoms with E-state index >= 15 is 4.39 Å². The normalized spacial score (nSPS) is 19.3. The Morgan fingerprint density at radius 1 is 1.30 bits per heavy atom. The predicted octanol–water partition coefficient (Wildman–Crippen LogP) is 1.85. The highest BCUT2D eigenvalue weighted by atomic mass is 19.1. The number of hydrogen-bond donors (Lipinski definition) is 2. The minimum Gasteiger partial charge on any atom is -0.497 e. The molecular formula is C23H23FN4O5. The van der Waals surface area contributed by atoms with E-state index in [9.17, 15) is 14.7 Å². The van der Waals surface area contributed by atoms with Gasteiger partial charge >= 0.3 is 5.97 Å². The molecule has 172 valence electrons. The average molecular weight is 454 g/mol. The number of pyridine rings is 2. The fourth-order valence-corrected chi connectivity index (χ4v) is 4.74. The Morgan fingerprint density at radius 3 is 2.76 bits per heavy atom. The van der Waals surface area contributed by atoms with Crippen LogP contribution in [-0.4, -0.2) is 60.0 Å². The number of benzene rings is 1. The van der Waals surface area contributed by atoms with Gasteiger partial charge in [-0.05, 0) is 24.6 Å². The Bertz CT molecular complexity index is 1320. The van der Waals surface area contributed by atoms with Gasteiger partial charge in [0.05, 0.1) is 26.2 Å². The molecule has 0 aliphatic carbocycles. The zero-order valence-corrected chi connectivity index (χ0v) is 18.2. The lowest BCUT2D eigenvalue weighted by molar-refractivity contribution is 0.0695. The van der Waals surface area contributed by atoms with Crippen LogP contribution in [0.2, 0.25) is 0 Å². The van der Waals surface area contributed by atoms with E-state index in [1.807, 2.05) is 4.90 Å². The summed E-state index contributed by atoms with van der Waals surface area (Å²) in [4.78, 5) is 31.0. The van der Waals surface area contributed by atoms with E-state index in [0.717, 1.165) is 24.6 Å². The largest absolute Gasteiger partial charge is 0.497 e.